The second-order valence-corrected chi connectivity index (χ2v) is 6.56. The molecule has 3 aromatic rings. The van der Waals surface area contributed by atoms with Gasteiger partial charge in [-0.2, -0.15) is 0 Å². The molecule has 1 aliphatic heterocycles. The fourth-order valence-electron chi connectivity index (χ4n) is 3.30. The van der Waals surface area contributed by atoms with E-state index in [0.29, 0.717) is 24.4 Å². The molecule has 1 aromatic carbocycles. The summed E-state index contributed by atoms with van der Waals surface area (Å²) in [4.78, 5) is 30.7. The predicted octanol–water partition coefficient (Wildman–Crippen LogP) is 2.50. The number of furan rings is 1. The molecular weight excluding hydrogens is 344 g/mol. The zero-order valence-electron chi connectivity index (χ0n) is 14.7. The van der Waals surface area contributed by atoms with Crippen molar-refractivity contribution in [3.8, 4) is 5.69 Å². The number of carbonyl (C=O) groups excluding carboxylic acids is 2. The lowest BCUT2D eigenvalue weighted by atomic mass is 10.0. The lowest BCUT2D eigenvalue weighted by Gasteiger charge is -2.32. The van der Waals surface area contributed by atoms with Crippen LogP contribution in [0, 0.1) is 0 Å². The number of hydrogen-bond acceptors (Lipinski definition) is 4. The molecule has 1 N–H and O–H groups in total. The number of rotatable bonds is 4. The van der Waals surface area contributed by atoms with E-state index in [1.807, 2.05) is 22.9 Å². The number of nitrogens with zero attached hydrogens (tertiary/aromatic N) is 3. The lowest BCUT2D eigenvalue weighted by Crippen LogP contribution is -2.49. The number of amides is 2. The first-order chi connectivity index (χ1) is 13.2. The van der Waals surface area contributed by atoms with Crippen LogP contribution >= 0.6 is 0 Å². The highest BCUT2D eigenvalue weighted by atomic mass is 16.3. The first-order valence-corrected chi connectivity index (χ1v) is 8.93. The first-order valence-electron chi connectivity index (χ1n) is 8.93. The normalized spacial score (nSPS) is 16.9. The first kappa shape index (κ1) is 17.1. The van der Waals surface area contributed by atoms with Gasteiger partial charge in [-0.1, -0.05) is 0 Å². The van der Waals surface area contributed by atoms with Crippen molar-refractivity contribution in [1.82, 2.24) is 19.8 Å². The Morgan fingerprint density at radius 2 is 2.04 bits per heavy atom. The van der Waals surface area contributed by atoms with Crippen molar-refractivity contribution in [2.24, 2.45) is 0 Å². The minimum Gasteiger partial charge on any atom is -0.459 e. The maximum atomic E-state index is 12.6. The van der Waals surface area contributed by atoms with Crippen LogP contribution in [0.5, 0.6) is 0 Å². The van der Waals surface area contributed by atoms with E-state index in [1.54, 1.807) is 41.7 Å². The molecule has 0 aliphatic carbocycles. The molecular formula is C20H20N4O3. The quantitative estimate of drug-likeness (QED) is 0.771. The van der Waals surface area contributed by atoms with E-state index in [9.17, 15) is 9.59 Å². The van der Waals surface area contributed by atoms with Crippen molar-refractivity contribution in [1.29, 1.82) is 0 Å². The van der Waals surface area contributed by atoms with Gasteiger partial charge in [-0.3, -0.25) is 9.59 Å². The monoisotopic (exact) mass is 364 g/mol. The number of imidazole rings is 1. The average molecular weight is 364 g/mol. The van der Waals surface area contributed by atoms with Gasteiger partial charge in [0.15, 0.2) is 5.76 Å². The molecule has 1 atom stereocenters. The topological polar surface area (TPSA) is 80.4 Å². The van der Waals surface area contributed by atoms with Crippen molar-refractivity contribution in [2.75, 3.05) is 13.1 Å². The third-order valence-corrected chi connectivity index (χ3v) is 4.71. The number of benzene rings is 1. The van der Waals surface area contributed by atoms with Gasteiger partial charge in [-0.05, 0) is 49.2 Å². The van der Waals surface area contributed by atoms with Crippen LogP contribution < -0.4 is 5.32 Å². The Morgan fingerprint density at radius 3 is 2.74 bits per heavy atom. The van der Waals surface area contributed by atoms with Gasteiger partial charge in [0.25, 0.3) is 11.8 Å². The number of hydrogen-bond donors (Lipinski definition) is 1. The summed E-state index contributed by atoms with van der Waals surface area (Å²) >= 11 is 0. The van der Waals surface area contributed by atoms with E-state index < -0.39 is 0 Å². The molecule has 0 saturated carbocycles. The average Bonchev–Trinajstić information content (AvgIpc) is 3.42. The van der Waals surface area contributed by atoms with Gasteiger partial charge in [0.2, 0.25) is 0 Å². The third kappa shape index (κ3) is 3.76. The van der Waals surface area contributed by atoms with Crippen molar-refractivity contribution in [2.45, 2.75) is 18.9 Å². The van der Waals surface area contributed by atoms with Crippen molar-refractivity contribution in [3.63, 3.8) is 0 Å². The molecule has 27 heavy (non-hydrogen) atoms. The Hall–Kier alpha value is -3.35. The van der Waals surface area contributed by atoms with Gasteiger partial charge < -0.3 is 19.2 Å². The van der Waals surface area contributed by atoms with Crippen molar-refractivity contribution in [3.05, 3.63) is 72.7 Å². The molecule has 3 heterocycles. The summed E-state index contributed by atoms with van der Waals surface area (Å²) in [5.74, 6) is 0.0604. The third-order valence-electron chi connectivity index (χ3n) is 4.71. The largest absolute Gasteiger partial charge is 0.459 e. The summed E-state index contributed by atoms with van der Waals surface area (Å²) in [6, 6.07) is 10.6. The molecule has 1 fully saturated rings. The van der Waals surface area contributed by atoms with E-state index >= 15 is 0 Å². The van der Waals surface area contributed by atoms with E-state index in [2.05, 4.69) is 10.3 Å². The van der Waals surface area contributed by atoms with E-state index in [-0.39, 0.29) is 17.9 Å². The maximum absolute atomic E-state index is 12.6. The van der Waals surface area contributed by atoms with Crippen LogP contribution in [0.1, 0.15) is 33.8 Å². The standard InChI is InChI=1S/C20H20N4O3/c25-19(15-5-7-17(8-6-15)24-11-9-21-14-24)22-16-3-1-10-23(13-16)20(26)18-4-2-12-27-18/h2,4-9,11-12,14,16H,1,3,10,13H2,(H,22,25). The number of aromatic nitrogens is 2. The zero-order chi connectivity index (χ0) is 18.6. The predicted molar refractivity (Wildman–Crippen MR) is 98.7 cm³/mol. The number of carbonyl (C=O) groups is 2. The molecule has 0 radical (unpaired) electrons. The van der Waals surface area contributed by atoms with Gasteiger partial charge in [0, 0.05) is 42.8 Å². The fraction of sp³-hybridized carbons (Fsp3) is 0.250. The molecule has 7 heteroatoms. The number of piperidine rings is 1. The molecule has 4 rings (SSSR count). The SMILES string of the molecule is O=C(NC1CCCN(C(=O)c2ccco2)C1)c1ccc(-n2ccnc2)cc1. The molecule has 7 nitrogen and oxygen atoms in total. The summed E-state index contributed by atoms with van der Waals surface area (Å²) in [7, 11) is 0. The summed E-state index contributed by atoms with van der Waals surface area (Å²) in [5, 5.41) is 3.04. The highest BCUT2D eigenvalue weighted by molar-refractivity contribution is 5.95. The van der Waals surface area contributed by atoms with E-state index in [4.69, 9.17) is 4.42 Å². The maximum Gasteiger partial charge on any atom is 0.289 e. The second kappa shape index (κ2) is 7.49. The molecule has 138 valence electrons. The molecule has 1 aliphatic rings. The number of nitrogens with one attached hydrogen (secondary N) is 1. The van der Waals surface area contributed by atoms with Gasteiger partial charge in [-0.15, -0.1) is 0 Å². The van der Waals surface area contributed by atoms with Crippen LogP contribution in [0.3, 0.4) is 0 Å². The van der Waals surface area contributed by atoms with E-state index in [1.165, 1.54) is 6.26 Å². The fourth-order valence-corrected chi connectivity index (χ4v) is 3.30. The Morgan fingerprint density at radius 1 is 1.19 bits per heavy atom. The van der Waals surface area contributed by atoms with Crippen LogP contribution in [0.25, 0.3) is 5.69 Å². The van der Waals surface area contributed by atoms with E-state index in [0.717, 1.165) is 18.5 Å². The summed E-state index contributed by atoms with van der Waals surface area (Å²) in [5.41, 5.74) is 1.53. The molecule has 0 spiro atoms. The Kier molecular flexibility index (Phi) is 4.74. The zero-order valence-corrected chi connectivity index (χ0v) is 14.7. The van der Waals surface area contributed by atoms with Crippen LogP contribution in [0.4, 0.5) is 0 Å². The van der Waals surface area contributed by atoms with Crippen LogP contribution in [0.15, 0.2) is 65.8 Å². The minimum atomic E-state index is -0.136. The Balaban J connectivity index is 1.38. The Bertz CT molecular complexity index is 901. The molecule has 1 unspecified atom stereocenters. The van der Waals surface area contributed by atoms with Crippen LogP contribution in [0.2, 0.25) is 0 Å². The molecule has 2 amide bonds. The summed E-state index contributed by atoms with van der Waals surface area (Å²) in [6.07, 6.45) is 8.45. The molecule has 0 bridgehead atoms. The summed E-state index contributed by atoms with van der Waals surface area (Å²) < 4.78 is 7.07. The second-order valence-electron chi connectivity index (χ2n) is 6.56. The van der Waals surface area contributed by atoms with Crippen LogP contribution in [-0.2, 0) is 0 Å². The number of likely N-dealkylation sites (tertiary alicyclic amines) is 1. The summed E-state index contributed by atoms with van der Waals surface area (Å²) in [6.45, 7) is 1.16. The minimum absolute atomic E-state index is 0.0708. The van der Waals surface area contributed by atoms with Gasteiger partial charge in [0.05, 0.1) is 12.6 Å². The van der Waals surface area contributed by atoms with Gasteiger partial charge in [-0.25, -0.2) is 4.98 Å². The van der Waals surface area contributed by atoms with Crippen LogP contribution in [-0.4, -0.2) is 45.4 Å². The Labute approximate surface area is 156 Å². The lowest BCUT2D eigenvalue weighted by molar-refractivity contribution is 0.0647. The van der Waals surface area contributed by atoms with Crippen molar-refractivity contribution < 1.29 is 14.0 Å². The highest BCUT2D eigenvalue weighted by Crippen LogP contribution is 2.15. The van der Waals surface area contributed by atoms with Gasteiger partial charge >= 0.3 is 0 Å². The van der Waals surface area contributed by atoms with Crippen molar-refractivity contribution >= 4 is 11.8 Å². The molecule has 2 aromatic heterocycles. The van der Waals surface area contributed by atoms with Gasteiger partial charge in [0.1, 0.15) is 0 Å². The highest BCUT2D eigenvalue weighted by Gasteiger charge is 2.26. The smallest absolute Gasteiger partial charge is 0.289 e. The molecule has 1 saturated heterocycles.